The molecule has 0 amide bonds. The first kappa shape index (κ1) is 14.9. The van der Waals surface area contributed by atoms with E-state index >= 15 is 0 Å². The molecule has 1 aromatic rings. The molecule has 0 fully saturated rings. The summed E-state index contributed by atoms with van der Waals surface area (Å²) >= 11 is 0. The quantitative estimate of drug-likeness (QED) is 0.814. The first-order valence-corrected chi connectivity index (χ1v) is 7.16. The molecule has 102 valence electrons. The van der Waals surface area contributed by atoms with Crippen LogP contribution in [0.2, 0.25) is 0 Å². The molecular weight excluding hydrogens is 254 g/mol. The first-order chi connectivity index (χ1) is 8.40. The van der Waals surface area contributed by atoms with E-state index in [0.717, 1.165) is 0 Å². The van der Waals surface area contributed by atoms with Gasteiger partial charge in [0.15, 0.2) is 0 Å². The van der Waals surface area contributed by atoms with Crippen molar-refractivity contribution in [2.24, 2.45) is 5.92 Å². The fourth-order valence-electron chi connectivity index (χ4n) is 1.41. The number of methoxy groups -OCH3 is 1. The molecule has 0 radical (unpaired) electrons. The van der Waals surface area contributed by atoms with Gasteiger partial charge in [0.05, 0.1) is 18.6 Å². The molecule has 1 aromatic carbocycles. The lowest BCUT2D eigenvalue weighted by molar-refractivity contribution is 0.273. The predicted octanol–water partition coefficient (Wildman–Crippen LogP) is 1.12. The molecule has 0 aromatic heterocycles. The molecule has 0 heterocycles. The summed E-state index contributed by atoms with van der Waals surface area (Å²) in [5.41, 5.74) is 0.449. The summed E-state index contributed by atoms with van der Waals surface area (Å²) in [6.07, 6.45) is 0. The fraction of sp³-hybridized carbons (Fsp3) is 0.500. The first-order valence-electron chi connectivity index (χ1n) is 5.68. The zero-order valence-electron chi connectivity index (χ0n) is 10.8. The van der Waals surface area contributed by atoms with Gasteiger partial charge < -0.3 is 9.84 Å². The summed E-state index contributed by atoms with van der Waals surface area (Å²) in [6, 6.07) is 4.41. The number of hydrogen-bond acceptors (Lipinski definition) is 4. The van der Waals surface area contributed by atoms with Crippen LogP contribution in [0.25, 0.3) is 0 Å². The third-order valence-electron chi connectivity index (χ3n) is 2.41. The molecule has 0 aliphatic heterocycles. The zero-order valence-corrected chi connectivity index (χ0v) is 11.6. The van der Waals surface area contributed by atoms with Crippen molar-refractivity contribution in [2.75, 3.05) is 13.7 Å². The van der Waals surface area contributed by atoms with Crippen molar-refractivity contribution in [2.45, 2.75) is 25.3 Å². The van der Waals surface area contributed by atoms with Crippen molar-refractivity contribution in [3.8, 4) is 5.75 Å². The van der Waals surface area contributed by atoms with Crippen molar-refractivity contribution in [3.05, 3.63) is 23.8 Å². The summed E-state index contributed by atoms with van der Waals surface area (Å²) in [5.74, 6) is 0.704. The Bertz CT molecular complexity index is 497. The van der Waals surface area contributed by atoms with Gasteiger partial charge in [0.1, 0.15) is 5.75 Å². The maximum absolute atomic E-state index is 12.0. The normalized spacial score (nSPS) is 11.8. The average Bonchev–Trinajstić information content (AvgIpc) is 2.35. The molecule has 0 unspecified atom stereocenters. The Morgan fingerprint density at radius 3 is 2.56 bits per heavy atom. The second-order valence-electron chi connectivity index (χ2n) is 4.38. The van der Waals surface area contributed by atoms with Crippen LogP contribution >= 0.6 is 0 Å². The lowest BCUT2D eigenvalue weighted by atomic mass is 10.2. The number of aliphatic hydroxyl groups excluding tert-OH is 1. The third-order valence-corrected chi connectivity index (χ3v) is 3.84. The maximum Gasteiger partial charge on any atom is 0.240 e. The van der Waals surface area contributed by atoms with Gasteiger partial charge in [-0.3, -0.25) is 0 Å². The number of benzene rings is 1. The van der Waals surface area contributed by atoms with Gasteiger partial charge >= 0.3 is 0 Å². The highest BCUT2D eigenvalue weighted by Crippen LogP contribution is 2.22. The zero-order chi connectivity index (χ0) is 13.8. The van der Waals surface area contributed by atoms with Crippen LogP contribution in [0.15, 0.2) is 23.1 Å². The molecule has 2 N–H and O–H groups in total. The third kappa shape index (κ3) is 3.69. The van der Waals surface area contributed by atoms with Gasteiger partial charge in [0.25, 0.3) is 0 Å². The van der Waals surface area contributed by atoms with Crippen LogP contribution < -0.4 is 9.46 Å². The molecule has 0 aliphatic carbocycles. The SMILES string of the molecule is COc1ccc(S(=O)(=O)NCC(C)C)cc1CO. The summed E-state index contributed by atoms with van der Waals surface area (Å²) in [5, 5.41) is 9.16. The van der Waals surface area contributed by atoms with Crippen LogP contribution in [0.5, 0.6) is 5.75 Å². The Balaban J connectivity index is 3.02. The van der Waals surface area contributed by atoms with Crippen molar-refractivity contribution in [3.63, 3.8) is 0 Å². The minimum absolute atomic E-state index is 0.132. The maximum atomic E-state index is 12.0. The number of sulfonamides is 1. The lowest BCUT2D eigenvalue weighted by Gasteiger charge is -2.11. The summed E-state index contributed by atoms with van der Waals surface area (Å²) < 4.78 is 31.5. The second kappa shape index (κ2) is 6.17. The molecule has 0 bridgehead atoms. The number of nitrogens with one attached hydrogen (secondary N) is 1. The van der Waals surface area contributed by atoms with Gasteiger partial charge in [0, 0.05) is 12.1 Å². The van der Waals surface area contributed by atoms with Gasteiger partial charge in [-0.25, -0.2) is 13.1 Å². The summed E-state index contributed by atoms with van der Waals surface area (Å²) in [6.45, 7) is 3.96. The largest absolute Gasteiger partial charge is 0.496 e. The molecule has 1 rings (SSSR count). The predicted molar refractivity (Wildman–Crippen MR) is 68.9 cm³/mol. The van der Waals surface area contributed by atoms with Crippen molar-refractivity contribution in [1.29, 1.82) is 0 Å². The number of hydrogen-bond donors (Lipinski definition) is 2. The Hall–Kier alpha value is -1.11. The minimum atomic E-state index is -3.53. The van der Waals surface area contributed by atoms with Gasteiger partial charge in [0.2, 0.25) is 10.0 Å². The smallest absolute Gasteiger partial charge is 0.240 e. The molecule has 0 saturated heterocycles. The van der Waals surface area contributed by atoms with E-state index in [1.165, 1.54) is 25.3 Å². The van der Waals surface area contributed by atoms with Gasteiger partial charge in [-0.1, -0.05) is 13.8 Å². The van der Waals surface area contributed by atoms with E-state index in [4.69, 9.17) is 9.84 Å². The Morgan fingerprint density at radius 1 is 1.39 bits per heavy atom. The van der Waals surface area contributed by atoms with E-state index in [9.17, 15) is 8.42 Å². The van der Waals surface area contributed by atoms with Crippen LogP contribution in [0.1, 0.15) is 19.4 Å². The highest BCUT2D eigenvalue weighted by Gasteiger charge is 2.16. The van der Waals surface area contributed by atoms with Gasteiger partial charge in [-0.15, -0.1) is 0 Å². The highest BCUT2D eigenvalue weighted by molar-refractivity contribution is 7.89. The topological polar surface area (TPSA) is 75.6 Å². The molecule has 0 aliphatic rings. The molecule has 6 heteroatoms. The van der Waals surface area contributed by atoms with Crippen LogP contribution in [-0.2, 0) is 16.6 Å². The molecule has 5 nitrogen and oxygen atoms in total. The molecule has 0 atom stereocenters. The van der Waals surface area contributed by atoms with E-state index in [1.807, 2.05) is 13.8 Å². The van der Waals surface area contributed by atoms with Crippen LogP contribution in [0.3, 0.4) is 0 Å². The van der Waals surface area contributed by atoms with E-state index < -0.39 is 10.0 Å². The van der Waals surface area contributed by atoms with E-state index in [1.54, 1.807) is 0 Å². The number of rotatable bonds is 6. The van der Waals surface area contributed by atoms with Crippen LogP contribution in [0, 0.1) is 5.92 Å². The minimum Gasteiger partial charge on any atom is -0.496 e. The van der Waals surface area contributed by atoms with E-state index in [2.05, 4.69) is 4.72 Å². The van der Waals surface area contributed by atoms with Crippen molar-refractivity contribution >= 4 is 10.0 Å². The molecular formula is C12H19NO4S. The van der Waals surface area contributed by atoms with Crippen molar-refractivity contribution in [1.82, 2.24) is 4.72 Å². The second-order valence-corrected chi connectivity index (χ2v) is 6.14. The Labute approximate surface area is 108 Å². The molecule has 0 spiro atoms. The van der Waals surface area contributed by atoms with Gasteiger partial charge in [-0.05, 0) is 24.1 Å². The Morgan fingerprint density at radius 2 is 2.06 bits per heavy atom. The van der Waals surface area contributed by atoms with E-state index in [-0.39, 0.29) is 17.4 Å². The fourth-order valence-corrected chi connectivity index (χ4v) is 2.67. The standard InChI is InChI=1S/C12H19NO4S/c1-9(2)7-13-18(15,16)11-4-5-12(17-3)10(6-11)8-14/h4-6,9,13-14H,7-8H2,1-3H3. The summed E-state index contributed by atoms with van der Waals surface area (Å²) in [4.78, 5) is 0.132. The number of aliphatic hydroxyl groups is 1. The molecule has 18 heavy (non-hydrogen) atoms. The van der Waals surface area contributed by atoms with Crippen molar-refractivity contribution < 1.29 is 18.3 Å². The number of ether oxygens (including phenoxy) is 1. The summed E-state index contributed by atoms with van der Waals surface area (Å²) in [7, 11) is -2.06. The highest BCUT2D eigenvalue weighted by atomic mass is 32.2. The van der Waals surface area contributed by atoms with E-state index in [0.29, 0.717) is 17.9 Å². The molecule has 0 saturated carbocycles. The van der Waals surface area contributed by atoms with Crippen LogP contribution in [-0.4, -0.2) is 27.2 Å². The monoisotopic (exact) mass is 273 g/mol. The Kier molecular flexibility index (Phi) is 5.13. The average molecular weight is 273 g/mol. The van der Waals surface area contributed by atoms with Crippen LogP contribution in [0.4, 0.5) is 0 Å². The van der Waals surface area contributed by atoms with Gasteiger partial charge in [-0.2, -0.15) is 0 Å². The lowest BCUT2D eigenvalue weighted by Crippen LogP contribution is -2.27.